The molecule has 6 nitrogen and oxygen atoms in total. The van der Waals surface area contributed by atoms with Crippen LogP contribution in [0.2, 0.25) is 0 Å². The van der Waals surface area contributed by atoms with E-state index in [0.29, 0.717) is 12.1 Å². The Bertz CT molecular complexity index is 516. The Kier molecular flexibility index (Phi) is 6.87. The lowest BCUT2D eigenvalue weighted by Gasteiger charge is -2.20. The van der Waals surface area contributed by atoms with Crippen molar-refractivity contribution in [3.05, 3.63) is 34.3 Å². The first-order valence-electron chi connectivity index (χ1n) is 6.49. The van der Waals surface area contributed by atoms with Crippen molar-refractivity contribution in [3.8, 4) is 0 Å². The number of nitrogens with zero attached hydrogens (tertiary/aromatic N) is 1. The van der Waals surface area contributed by atoms with Gasteiger partial charge in [-0.15, -0.1) is 0 Å². The third-order valence-electron chi connectivity index (χ3n) is 2.61. The van der Waals surface area contributed by atoms with Gasteiger partial charge in [-0.2, -0.15) is 0 Å². The molecule has 0 fully saturated rings. The average molecular weight is 357 g/mol. The van der Waals surface area contributed by atoms with Crippen molar-refractivity contribution in [1.82, 2.24) is 10.2 Å². The zero-order valence-corrected chi connectivity index (χ0v) is 13.5. The molecule has 1 aromatic carbocycles. The molecule has 0 heterocycles. The second-order valence-corrected chi connectivity index (χ2v) is 5.01. The molecule has 21 heavy (non-hydrogen) atoms. The van der Waals surface area contributed by atoms with Gasteiger partial charge in [0.2, 0.25) is 5.91 Å². The van der Waals surface area contributed by atoms with Gasteiger partial charge in [0.25, 0.3) is 5.91 Å². The van der Waals surface area contributed by atoms with Gasteiger partial charge in [-0.3, -0.25) is 14.9 Å². The first kappa shape index (κ1) is 17.2. The van der Waals surface area contributed by atoms with Crippen LogP contribution >= 0.6 is 15.9 Å². The zero-order valence-electron chi connectivity index (χ0n) is 11.9. The summed E-state index contributed by atoms with van der Waals surface area (Å²) in [6.45, 7) is 3.72. The number of nitrogens with one attached hydrogen (secondary N) is 1. The van der Waals surface area contributed by atoms with Crippen molar-refractivity contribution in [1.29, 1.82) is 0 Å². The monoisotopic (exact) mass is 356 g/mol. The van der Waals surface area contributed by atoms with Crippen LogP contribution in [-0.2, 0) is 9.53 Å². The van der Waals surface area contributed by atoms with Crippen LogP contribution in [0.3, 0.4) is 0 Å². The average Bonchev–Trinajstić information content (AvgIpc) is 2.45. The molecule has 0 spiro atoms. The Labute approximate surface area is 131 Å². The Balaban J connectivity index is 2.65. The Hall–Kier alpha value is -1.89. The van der Waals surface area contributed by atoms with E-state index in [9.17, 15) is 14.4 Å². The van der Waals surface area contributed by atoms with Crippen molar-refractivity contribution in [2.45, 2.75) is 13.8 Å². The minimum absolute atomic E-state index is 0.175. The maximum absolute atomic E-state index is 12.2. The summed E-state index contributed by atoms with van der Waals surface area (Å²) in [7, 11) is 0. The molecule has 1 N–H and O–H groups in total. The second kappa shape index (κ2) is 8.41. The molecule has 0 unspecified atom stereocenters. The lowest BCUT2D eigenvalue weighted by molar-refractivity contribution is -0.121. The number of rotatable bonds is 5. The molecule has 1 aromatic rings. The van der Waals surface area contributed by atoms with E-state index in [2.05, 4.69) is 26.0 Å². The van der Waals surface area contributed by atoms with Gasteiger partial charge < -0.3 is 9.64 Å². The fourth-order valence-electron chi connectivity index (χ4n) is 1.60. The van der Waals surface area contributed by atoms with E-state index < -0.39 is 12.0 Å². The molecular formula is C14H17BrN2O4. The molecular weight excluding hydrogens is 340 g/mol. The molecule has 0 saturated carbocycles. The lowest BCUT2D eigenvalue weighted by Crippen LogP contribution is -2.42. The van der Waals surface area contributed by atoms with Gasteiger partial charge in [-0.1, -0.05) is 15.9 Å². The van der Waals surface area contributed by atoms with E-state index >= 15 is 0 Å². The van der Waals surface area contributed by atoms with Crippen molar-refractivity contribution >= 4 is 33.8 Å². The van der Waals surface area contributed by atoms with Crippen LogP contribution in [0.1, 0.15) is 24.2 Å². The van der Waals surface area contributed by atoms with Gasteiger partial charge in [-0.05, 0) is 38.1 Å². The maximum atomic E-state index is 12.2. The van der Waals surface area contributed by atoms with E-state index in [4.69, 9.17) is 0 Å². The minimum Gasteiger partial charge on any atom is -0.450 e. The largest absolute Gasteiger partial charge is 0.450 e. The van der Waals surface area contributed by atoms with Crippen LogP contribution in [0.15, 0.2) is 28.7 Å². The third kappa shape index (κ3) is 5.55. The summed E-state index contributed by atoms with van der Waals surface area (Å²) >= 11 is 3.29. The van der Waals surface area contributed by atoms with Crippen molar-refractivity contribution in [2.75, 3.05) is 19.7 Å². The molecule has 7 heteroatoms. The van der Waals surface area contributed by atoms with E-state index in [1.165, 1.54) is 4.90 Å². The van der Waals surface area contributed by atoms with Crippen LogP contribution in [0.4, 0.5) is 4.79 Å². The number of carbonyl (C=O) groups excluding carboxylic acids is 3. The first-order valence-corrected chi connectivity index (χ1v) is 7.28. The summed E-state index contributed by atoms with van der Waals surface area (Å²) in [6, 6.07) is 6.83. The molecule has 0 atom stereocenters. The van der Waals surface area contributed by atoms with E-state index in [0.717, 1.165) is 4.47 Å². The first-order chi connectivity index (χ1) is 9.97. The van der Waals surface area contributed by atoms with Gasteiger partial charge in [0.05, 0.1) is 6.61 Å². The summed E-state index contributed by atoms with van der Waals surface area (Å²) in [6.07, 6.45) is -0.811. The Morgan fingerprint density at radius 2 is 1.81 bits per heavy atom. The number of hydrogen-bond acceptors (Lipinski definition) is 4. The minimum atomic E-state index is -0.811. The van der Waals surface area contributed by atoms with Crippen LogP contribution in [0.25, 0.3) is 0 Å². The third-order valence-corrected chi connectivity index (χ3v) is 3.14. The topological polar surface area (TPSA) is 75.7 Å². The molecule has 0 aromatic heterocycles. The van der Waals surface area contributed by atoms with Gasteiger partial charge in [0.15, 0.2) is 0 Å². The molecule has 0 aliphatic heterocycles. The summed E-state index contributed by atoms with van der Waals surface area (Å²) < 4.78 is 5.47. The summed E-state index contributed by atoms with van der Waals surface area (Å²) in [4.78, 5) is 36.4. The van der Waals surface area contributed by atoms with Crippen molar-refractivity contribution < 1.29 is 19.1 Å². The normalized spacial score (nSPS) is 9.86. The number of imide groups is 1. The fourth-order valence-corrected chi connectivity index (χ4v) is 1.86. The smallest absolute Gasteiger partial charge is 0.413 e. The van der Waals surface area contributed by atoms with Gasteiger partial charge in [-0.25, -0.2) is 4.79 Å². The number of alkyl carbamates (subject to hydrolysis) is 1. The van der Waals surface area contributed by atoms with E-state index in [-0.39, 0.29) is 19.1 Å². The Morgan fingerprint density at radius 3 is 2.33 bits per heavy atom. The SMILES string of the molecule is CCOC(=O)NC(=O)CN(CC)C(=O)c1ccc(Br)cc1. The Morgan fingerprint density at radius 1 is 1.19 bits per heavy atom. The second-order valence-electron chi connectivity index (χ2n) is 4.09. The fraction of sp³-hybridized carbons (Fsp3) is 0.357. The predicted octanol–water partition coefficient (Wildman–Crippen LogP) is 2.18. The highest BCUT2D eigenvalue weighted by molar-refractivity contribution is 9.10. The molecule has 0 aliphatic carbocycles. The summed E-state index contributed by atoms with van der Waals surface area (Å²) in [5.74, 6) is -0.857. The zero-order chi connectivity index (χ0) is 15.8. The van der Waals surface area contributed by atoms with Gasteiger partial charge in [0, 0.05) is 16.6 Å². The number of halogens is 1. The highest BCUT2D eigenvalue weighted by Gasteiger charge is 2.18. The molecule has 114 valence electrons. The number of ether oxygens (including phenoxy) is 1. The predicted molar refractivity (Wildman–Crippen MR) is 80.9 cm³/mol. The van der Waals surface area contributed by atoms with Gasteiger partial charge in [0.1, 0.15) is 6.54 Å². The van der Waals surface area contributed by atoms with E-state index in [1.807, 2.05) is 0 Å². The molecule has 0 saturated heterocycles. The molecule has 0 radical (unpaired) electrons. The quantitative estimate of drug-likeness (QED) is 0.877. The van der Waals surface area contributed by atoms with Crippen LogP contribution < -0.4 is 5.32 Å². The van der Waals surface area contributed by atoms with Gasteiger partial charge >= 0.3 is 6.09 Å². The van der Waals surface area contributed by atoms with Crippen LogP contribution in [-0.4, -0.2) is 42.5 Å². The van der Waals surface area contributed by atoms with Crippen molar-refractivity contribution in [3.63, 3.8) is 0 Å². The summed E-state index contributed by atoms with van der Waals surface area (Å²) in [5.41, 5.74) is 0.476. The number of amides is 3. The summed E-state index contributed by atoms with van der Waals surface area (Å²) in [5, 5.41) is 2.06. The maximum Gasteiger partial charge on any atom is 0.413 e. The highest BCUT2D eigenvalue weighted by atomic mass is 79.9. The van der Waals surface area contributed by atoms with Crippen LogP contribution in [0, 0.1) is 0 Å². The molecule has 3 amide bonds. The van der Waals surface area contributed by atoms with Crippen molar-refractivity contribution in [2.24, 2.45) is 0 Å². The molecule has 0 bridgehead atoms. The van der Waals surface area contributed by atoms with E-state index in [1.54, 1.807) is 38.1 Å². The van der Waals surface area contributed by atoms with Crippen LogP contribution in [0.5, 0.6) is 0 Å². The number of likely N-dealkylation sites (N-methyl/N-ethyl adjacent to an activating group) is 1. The highest BCUT2D eigenvalue weighted by Crippen LogP contribution is 2.12. The molecule has 1 rings (SSSR count). The number of hydrogen-bond donors (Lipinski definition) is 1. The lowest BCUT2D eigenvalue weighted by atomic mass is 10.2. The molecule has 0 aliphatic rings. The number of carbonyl (C=O) groups is 3. The standard InChI is InChI=1S/C14H17BrN2O4/c1-3-17(9-12(18)16-14(20)21-4-2)13(19)10-5-7-11(15)8-6-10/h5-8H,3-4,9H2,1-2H3,(H,16,18,20). The number of benzene rings is 1.